The Morgan fingerprint density at radius 2 is 1.54 bits per heavy atom. The lowest BCUT2D eigenvalue weighted by Crippen LogP contribution is -2.48. The Kier molecular flexibility index (Phi) is 4.94. The van der Waals surface area contributed by atoms with Gasteiger partial charge >= 0.3 is 6.18 Å². The van der Waals surface area contributed by atoms with Crippen molar-refractivity contribution in [2.24, 2.45) is 0 Å². The van der Waals surface area contributed by atoms with Crippen LogP contribution in [-0.4, -0.2) is 38.9 Å². The zero-order chi connectivity index (χ0) is 18.9. The van der Waals surface area contributed by atoms with E-state index in [1.54, 1.807) is 11.0 Å². The van der Waals surface area contributed by atoms with Crippen molar-refractivity contribution in [2.75, 3.05) is 31.1 Å². The van der Waals surface area contributed by atoms with E-state index >= 15 is 0 Å². The van der Waals surface area contributed by atoms with Gasteiger partial charge in [0.1, 0.15) is 5.82 Å². The van der Waals surface area contributed by atoms with E-state index in [1.807, 2.05) is 0 Å². The Hall–Kier alpha value is -2.13. The van der Waals surface area contributed by atoms with Crippen LogP contribution in [0.25, 0.3) is 0 Å². The van der Waals surface area contributed by atoms with Crippen molar-refractivity contribution < 1.29 is 26.0 Å². The molecule has 1 aliphatic heterocycles. The molecule has 0 atom stereocenters. The third kappa shape index (κ3) is 3.83. The fraction of sp³-hybridized carbons (Fsp3) is 0.294. The van der Waals surface area contributed by atoms with Crippen molar-refractivity contribution in [1.82, 2.24) is 4.31 Å². The predicted octanol–water partition coefficient (Wildman–Crippen LogP) is 3.36. The molecule has 26 heavy (non-hydrogen) atoms. The molecule has 2 aromatic carbocycles. The third-order valence-electron chi connectivity index (χ3n) is 4.21. The highest BCUT2D eigenvalue weighted by Gasteiger charge is 2.32. The highest BCUT2D eigenvalue weighted by molar-refractivity contribution is 7.89. The van der Waals surface area contributed by atoms with E-state index in [9.17, 15) is 26.0 Å². The normalized spacial score (nSPS) is 16.7. The summed E-state index contributed by atoms with van der Waals surface area (Å²) in [5, 5.41) is 0. The molecule has 0 aliphatic carbocycles. The second-order valence-corrected chi connectivity index (χ2v) is 7.83. The number of hydrogen-bond donors (Lipinski definition) is 0. The van der Waals surface area contributed by atoms with Gasteiger partial charge in [0, 0.05) is 31.9 Å². The number of sulfonamides is 1. The molecular weight excluding hydrogens is 372 g/mol. The monoisotopic (exact) mass is 388 g/mol. The molecule has 9 heteroatoms. The molecule has 4 nitrogen and oxygen atoms in total. The Labute approximate surface area is 148 Å². The maximum Gasteiger partial charge on any atom is 0.416 e. The van der Waals surface area contributed by atoms with E-state index < -0.39 is 27.6 Å². The average Bonchev–Trinajstić information content (AvgIpc) is 2.61. The lowest BCUT2D eigenvalue weighted by Gasteiger charge is -2.35. The fourth-order valence-electron chi connectivity index (χ4n) is 2.84. The van der Waals surface area contributed by atoms with Crippen molar-refractivity contribution >= 4 is 15.7 Å². The Morgan fingerprint density at radius 3 is 2.15 bits per heavy atom. The second-order valence-electron chi connectivity index (χ2n) is 5.90. The first-order valence-electron chi connectivity index (χ1n) is 7.86. The van der Waals surface area contributed by atoms with Gasteiger partial charge < -0.3 is 4.90 Å². The first-order valence-corrected chi connectivity index (χ1v) is 9.30. The van der Waals surface area contributed by atoms with Gasteiger partial charge in [0.15, 0.2) is 0 Å². The van der Waals surface area contributed by atoms with Gasteiger partial charge in [-0.1, -0.05) is 12.1 Å². The van der Waals surface area contributed by atoms with Crippen LogP contribution in [0.3, 0.4) is 0 Å². The highest BCUT2D eigenvalue weighted by Crippen LogP contribution is 2.32. The summed E-state index contributed by atoms with van der Waals surface area (Å²) in [6, 6.07) is 9.68. The Balaban J connectivity index is 1.73. The molecule has 1 heterocycles. The number of rotatable bonds is 3. The van der Waals surface area contributed by atoms with Crippen LogP contribution in [0.15, 0.2) is 53.4 Å². The molecule has 1 fully saturated rings. The van der Waals surface area contributed by atoms with Gasteiger partial charge in [0.2, 0.25) is 10.0 Å². The van der Waals surface area contributed by atoms with E-state index in [-0.39, 0.29) is 31.1 Å². The second kappa shape index (κ2) is 6.88. The maximum absolute atomic E-state index is 13.3. The molecular formula is C17H16F4N2O2S. The summed E-state index contributed by atoms with van der Waals surface area (Å²) in [5.74, 6) is -0.645. The maximum atomic E-state index is 13.3. The van der Waals surface area contributed by atoms with Crippen molar-refractivity contribution in [3.63, 3.8) is 0 Å². The van der Waals surface area contributed by atoms with Gasteiger partial charge in [-0.3, -0.25) is 0 Å². The molecule has 0 N–H and O–H groups in total. The van der Waals surface area contributed by atoms with Gasteiger partial charge in [0.25, 0.3) is 0 Å². The number of alkyl halides is 3. The van der Waals surface area contributed by atoms with E-state index in [4.69, 9.17) is 0 Å². The third-order valence-corrected chi connectivity index (χ3v) is 6.11. The standard InChI is InChI=1S/C17H16F4N2O2S/c18-14-4-2-6-16(12-14)26(24,25)23-9-7-22(8-10-23)15-5-1-3-13(11-15)17(19,20)21/h1-6,11-12H,7-10H2. The Bertz CT molecular complexity index is 892. The number of anilines is 1. The van der Waals surface area contributed by atoms with Crippen LogP contribution in [0.4, 0.5) is 23.2 Å². The summed E-state index contributed by atoms with van der Waals surface area (Å²) in [7, 11) is -3.83. The molecule has 0 radical (unpaired) electrons. The summed E-state index contributed by atoms with van der Waals surface area (Å²) in [6.07, 6.45) is -4.43. The molecule has 1 aliphatic rings. The van der Waals surface area contributed by atoms with Gasteiger partial charge in [-0.15, -0.1) is 0 Å². The predicted molar refractivity (Wildman–Crippen MR) is 88.8 cm³/mol. The lowest BCUT2D eigenvalue weighted by atomic mass is 10.1. The molecule has 0 aromatic heterocycles. The summed E-state index contributed by atoms with van der Waals surface area (Å²) in [6.45, 7) is 0.704. The summed E-state index contributed by atoms with van der Waals surface area (Å²) in [4.78, 5) is 1.57. The summed E-state index contributed by atoms with van der Waals surface area (Å²) >= 11 is 0. The molecule has 140 valence electrons. The van der Waals surface area contributed by atoms with Crippen molar-refractivity contribution in [3.05, 3.63) is 59.9 Å². The van der Waals surface area contributed by atoms with Crippen LogP contribution in [0.1, 0.15) is 5.56 Å². The van der Waals surface area contributed by atoms with Gasteiger partial charge in [-0.05, 0) is 36.4 Å². The molecule has 0 spiro atoms. The fourth-order valence-corrected chi connectivity index (χ4v) is 4.30. The molecule has 3 rings (SSSR count). The minimum absolute atomic E-state index is 0.106. The van der Waals surface area contributed by atoms with Crippen LogP contribution >= 0.6 is 0 Å². The molecule has 0 amide bonds. The molecule has 0 unspecified atom stereocenters. The largest absolute Gasteiger partial charge is 0.416 e. The average molecular weight is 388 g/mol. The smallest absolute Gasteiger partial charge is 0.369 e. The molecule has 1 saturated heterocycles. The van der Waals surface area contributed by atoms with Crippen LogP contribution in [0.2, 0.25) is 0 Å². The van der Waals surface area contributed by atoms with E-state index in [0.29, 0.717) is 5.69 Å². The van der Waals surface area contributed by atoms with Crippen LogP contribution < -0.4 is 4.90 Å². The molecule has 0 saturated carbocycles. The quantitative estimate of drug-likeness (QED) is 0.758. The SMILES string of the molecule is O=S(=O)(c1cccc(F)c1)N1CCN(c2cccc(C(F)(F)F)c2)CC1. The van der Waals surface area contributed by atoms with Crippen molar-refractivity contribution in [1.29, 1.82) is 0 Å². The summed E-state index contributed by atoms with van der Waals surface area (Å²) < 4.78 is 78.1. The molecule has 0 bridgehead atoms. The minimum atomic E-state index is -4.43. The highest BCUT2D eigenvalue weighted by atomic mass is 32.2. The lowest BCUT2D eigenvalue weighted by molar-refractivity contribution is -0.137. The first-order chi connectivity index (χ1) is 12.2. The number of piperazine rings is 1. The van der Waals surface area contributed by atoms with Gasteiger partial charge in [-0.2, -0.15) is 17.5 Å². The van der Waals surface area contributed by atoms with Crippen LogP contribution in [0, 0.1) is 5.82 Å². The Morgan fingerprint density at radius 1 is 0.885 bits per heavy atom. The minimum Gasteiger partial charge on any atom is -0.369 e. The zero-order valence-corrected chi connectivity index (χ0v) is 14.4. The number of nitrogens with zero attached hydrogens (tertiary/aromatic N) is 2. The molecule has 2 aromatic rings. The van der Waals surface area contributed by atoms with Crippen molar-refractivity contribution in [3.8, 4) is 0 Å². The number of benzene rings is 2. The number of halogens is 4. The summed E-state index contributed by atoms with van der Waals surface area (Å²) in [5.41, 5.74) is -0.354. The van der Waals surface area contributed by atoms with Gasteiger partial charge in [-0.25, -0.2) is 12.8 Å². The van der Waals surface area contributed by atoms with Crippen molar-refractivity contribution in [2.45, 2.75) is 11.1 Å². The van der Waals surface area contributed by atoms with Crippen LogP contribution in [0.5, 0.6) is 0 Å². The number of hydrogen-bond acceptors (Lipinski definition) is 3. The van der Waals surface area contributed by atoms with E-state index in [1.165, 1.54) is 22.5 Å². The topological polar surface area (TPSA) is 40.6 Å². The van der Waals surface area contributed by atoms with Gasteiger partial charge in [0.05, 0.1) is 10.5 Å². The zero-order valence-electron chi connectivity index (χ0n) is 13.6. The van der Waals surface area contributed by atoms with Crippen LogP contribution in [-0.2, 0) is 16.2 Å². The first kappa shape index (κ1) is 18.7. The van der Waals surface area contributed by atoms with E-state index in [2.05, 4.69) is 0 Å². The van der Waals surface area contributed by atoms with E-state index in [0.717, 1.165) is 24.3 Å².